The normalized spacial score (nSPS) is 11.1. The first-order chi connectivity index (χ1) is 8.34. The highest BCUT2D eigenvalue weighted by molar-refractivity contribution is 5.80. The predicted octanol–water partition coefficient (Wildman–Crippen LogP) is 2.68. The molecule has 0 unspecified atom stereocenters. The van der Waals surface area contributed by atoms with Crippen LogP contribution in [0.25, 0.3) is 10.9 Å². The van der Waals surface area contributed by atoms with E-state index in [9.17, 15) is 4.39 Å². The molecule has 2 heterocycles. The molecule has 0 saturated heterocycles. The van der Waals surface area contributed by atoms with Crippen LogP contribution in [0.15, 0.2) is 48.9 Å². The van der Waals surface area contributed by atoms with Crippen LogP contribution in [0.2, 0.25) is 0 Å². The number of fused-ring (bicyclic) bond motifs is 1. The van der Waals surface area contributed by atoms with Gasteiger partial charge in [0.25, 0.3) is 0 Å². The van der Waals surface area contributed by atoms with Gasteiger partial charge < -0.3 is 4.57 Å². The Morgan fingerprint density at radius 2 is 2.00 bits per heavy atom. The minimum Gasteiger partial charge on any atom is -0.346 e. The lowest BCUT2D eigenvalue weighted by Gasteiger charge is -2.05. The molecule has 0 saturated carbocycles. The maximum Gasteiger partial charge on any atom is 0.132 e. The quantitative estimate of drug-likeness (QED) is 0.677. The number of nitrogens with zero attached hydrogens (tertiary/aromatic N) is 3. The van der Waals surface area contributed by atoms with Gasteiger partial charge in [0.05, 0.1) is 12.1 Å². The number of hydrogen-bond acceptors (Lipinski definition) is 1. The minimum atomic E-state index is -0.166. The Morgan fingerprint density at radius 1 is 1.06 bits per heavy atom. The first-order valence-electron chi connectivity index (χ1n) is 5.55. The summed E-state index contributed by atoms with van der Waals surface area (Å²) in [5.41, 5.74) is 0.928. The molecular weight excluding hydrogens is 217 g/mol. The average molecular weight is 229 g/mol. The highest BCUT2D eigenvalue weighted by Gasteiger charge is 2.04. The fraction of sp³-hybridized carbons (Fsp3) is 0.154. The molecule has 86 valence electrons. The molecule has 1 aromatic carbocycles. The minimum absolute atomic E-state index is 0.166. The molecular formula is C13H12FN3. The number of hydrogen-bond donors (Lipinski definition) is 0. The van der Waals surface area contributed by atoms with E-state index in [-0.39, 0.29) is 5.82 Å². The maximum atomic E-state index is 13.5. The second kappa shape index (κ2) is 4.05. The van der Waals surface area contributed by atoms with Crippen LogP contribution >= 0.6 is 0 Å². The van der Waals surface area contributed by atoms with Crippen molar-refractivity contribution < 1.29 is 4.39 Å². The number of halogens is 1. The van der Waals surface area contributed by atoms with E-state index in [0.717, 1.165) is 18.6 Å². The molecule has 0 fully saturated rings. The third-order valence-corrected chi connectivity index (χ3v) is 2.89. The second-order valence-electron chi connectivity index (χ2n) is 3.95. The molecule has 0 amide bonds. The van der Waals surface area contributed by atoms with E-state index in [2.05, 4.69) is 5.10 Å². The Labute approximate surface area is 98.1 Å². The zero-order valence-electron chi connectivity index (χ0n) is 9.25. The van der Waals surface area contributed by atoms with Crippen molar-refractivity contribution in [2.75, 3.05) is 0 Å². The topological polar surface area (TPSA) is 22.8 Å². The summed E-state index contributed by atoms with van der Waals surface area (Å²) < 4.78 is 17.4. The van der Waals surface area contributed by atoms with E-state index in [4.69, 9.17) is 0 Å². The van der Waals surface area contributed by atoms with Gasteiger partial charge in [0, 0.05) is 30.5 Å². The SMILES string of the molecule is Fc1cccc2c1ccn2CCn1cccn1. The molecule has 3 rings (SSSR count). The van der Waals surface area contributed by atoms with E-state index in [1.54, 1.807) is 12.3 Å². The van der Waals surface area contributed by atoms with E-state index in [0.29, 0.717) is 5.39 Å². The van der Waals surface area contributed by atoms with Crippen LogP contribution in [-0.2, 0) is 13.1 Å². The van der Waals surface area contributed by atoms with Crippen molar-refractivity contribution in [1.29, 1.82) is 0 Å². The Balaban J connectivity index is 1.88. The Hall–Kier alpha value is -2.10. The molecule has 0 aliphatic rings. The van der Waals surface area contributed by atoms with Crippen LogP contribution in [0.3, 0.4) is 0 Å². The van der Waals surface area contributed by atoms with Crippen LogP contribution < -0.4 is 0 Å². The van der Waals surface area contributed by atoms with Gasteiger partial charge in [-0.1, -0.05) is 6.07 Å². The maximum absolute atomic E-state index is 13.5. The zero-order chi connectivity index (χ0) is 11.7. The molecule has 3 aromatic rings. The average Bonchev–Trinajstić information content (AvgIpc) is 2.95. The zero-order valence-corrected chi connectivity index (χ0v) is 9.25. The van der Waals surface area contributed by atoms with Gasteiger partial charge in [0.1, 0.15) is 5.82 Å². The van der Waals surface area contributed by atoms with Crippen molar-refractivity contribution in [2.24, 2.45) is 0 Å². The molecule has 0 spiro atoms. The van der Waals surface area contributed by atoms with E-state index < -0.39 is 0 Å². The number of benzene rings is 1. The molecule has 4 heteroatoms. The summed E-state index contributed by atoms with van der Waals surface area (Å²) in [6, 6.07) is 8.87. The molecule has 17 heavy (non-hydrogen) atoms. The van der Waals surface area contributed by atoms with Gasteiger partial charge in [-0.2, -0.15) is 5.10 Å². The van der Waals surface area contributed by atoms with Crippen molar-refractivity contribution in [3.05, 3.63) is 54.7 Å². The number of aromatic nitrogens is 3. The fourth-order valence-electron chi connectivity index (χ4n) is 2.02. The van der Waals surface area contributed by atoms with Gasteiger partial charge in [-0.3, -0.25) is 4.68 Å². The molecule has 3 nitrogen and oxygen atoms in total. The van der Waals surface area contributed by atoms with Gasteiger partial charge in [-0.15, -0.1) is 0 Å². The molecule has 0 bridgehead atoms. The van der Waals surface area contributed by atoms with E-state index in [1.807, 2.05) is 39.8 Å². The fourth-order valence-corrected chi connectivity index (χ4v) is 2.02. The van der Waals surface area contributed by atoms with Crippen LogP contribution in [0, 0.1) is 5.82 Å². The van der Waals surface area contributed by atoms with Crippen molar-refractivity contribution in [2.45, 2.75) is 13.1 Å². The first-order valence-corrected chi connectivity index (χ1v) is 5.55. The summed E-state index contributed by atoms with van der Waals surface area (Å²) in [7, 11) is 0. The van der Waals surface area contributed by atoms with Crippen molar-refractivity contribution in [3.8, 4) is 0 Å². The third kappa shape index (κ3) is 1.82. The lowest BCUT2D eigenvalue weighted by atomic mass is 10.2. The van der Waals surface area contributed by atoms with Crippen molar-refractivity contribution >= 4 is 10.9 Å². The summed E-state index contributed by atoms with van der Waals surface area (Å²) in [6.45, 7) is 1.57. The molecule has 0 aliphatic carbocycles. The van der Waals surface area contributed by atoms with Gasteiger partial charge in [0.2, 0.25) is 0 Å². The molecule has 2 aromatic heterocycles. The van der Waals surface area contributed by atoms with Gasteiger partial charge in [-0.05, 0) is 24.3 Å². The van der Waals surface area contributed by atoms with E-state index >= 15 is 0 Å². The molecule has 0 radical (unpaired) electrons. The summed E-state index contributed by atoms with van der Waals surface area (Å²) in [5.74, 6) is -0.166. The number of aryl methyl sites for hydroxylation is 2. The van der Waals surface area contributed by atoms with Gasteiger partial charge >= 0.3 is 0 Å². The van der Waals surface area contributed by atoms with Crippen LogP contribution in [0.1, 0.15) is 0 Å². The smallest absolute Gasteiger partial charge is 0.132 e. The lowest BCUT2D eigenvalue weighted by molar-refractivity contribution is 0.542. The lowest BCUT2D eigenvalue weighted by Crippen LogP contribution is -2.06. The van der Waals surface area contributed by atoms with Gasteiger partial charge in [0.15, 0.2) is 0 Å². The van der Waals surface area contributed by atoms with Gasteiger partial charge in [-0.25, -0.2) is 4.39 Å². The van der Waals surface area contributed by atoms with Crippen LogP contribution in [-0.4, -0.2) is 14.3 Å². The Bertz CT molecular complexity index is 625. The molecule has 0 atom stereocenters. The van der Waals surface area contributed by atoms with Crippen LogP contribution in [0.4, 0.5) is 4.39 Å². The Morgan fingerprint density at radius 3 is 2.82 bits per heavy atom. The summed E-state index contributed by atoms with van der Waals surface area (Å²) in [4.78, 5) is 0. The summed E-state index contributed by atoms with van der Waals surface area (Å²) in [5, 5.41) is 4.82. The molecule has 0 N–H and O–H groups in total. The highest BCUT2D eigenvalue weighted by atomic mass is 19.1. The highest BCUT2D eigenvalue weighted by Crippen LogP contribution is 2.18. The Kier molecular flexibility index (Phi) is 2.40. The predicted molar refractivity (Wildman–Crippen MR) is 64.1 cm³/mol. The van der Waals surface area contributed by atoms with Crippen molar-refractivity contribution in [3.63, 3.8) is 0 Å². The second-order valence-corrected chi connectivity index (χ2v) is 3.95. The van der Waals surface area contributed by atoms with Crippen LogP contribution in [0.5, 0.6) is 0 Å². The van der Waals surface area contributed by atoms with E-state index in [1.165, 1.54) is 6.07 Å². The summed E-state index contributed by atoms with van der Waals surface area (Å²) >= 11 is 0. The standard InChI is InChI=1S/C13H12FN3/c14-12-3-1-4-13-11(12)5-8-16(13)9-10-17-7-2-6-15-17/h1-8H,9-10H2. The first kappa shape index (κ1) is 10.1. The third-order valence-electron chi connectivity index (χ3n) is 2.89. The number of rotatable bonds is 3. The summed E-state index contributed by atoms with van der Waals surface area (Å²) in [6.07, 6.45) is 5.59. The van der Waals surface area contributed by atoms with Crippen molar-refractivity contribution in [1.82, 2.24) is 14.3 Å². The molecule has 0 aliphatic heterocycles. The monoisotopic (exact) mass is 229 g/mol. The largest absolute Gasteiger partial charge is 0.346 e.